The molecule has 0 bridgehead atoms. The minimum Gasteiger partial charge on any atom is -0.479 e. The Balaban J connectivity index is 2.62. The van der Waals surface area contributed by atoms with Gasteiger partial charge in [0, 0.05) is 19.4 Å². The number of likely N-dealkylation sites (tertiary alicyclic amines) is 1. The van der Waals surface area contributed by atoms with Crippen LogP contribution in [0.15, 0.2) is 0 Å². The van der Waals surface area contributed by atoms with E-state index in [4.69, 9.17) is 5.11 Å². The first kappa shape index (κ1) is 11.4. The Labute approximate surface area is 88.7 Å². The zero-order valence-electron chi connectivity index (χ0n) is 7.77. The number of carbonyl (C=O) groups excluding carboxylic acids is 1. The fourth-order valence-electron chi connectivity index (χ4n) is 1.41. The molecule has 1 aliphatic heterocycles. The summed E-state index contributed by atoms with van der Waals surface area (Å²) in [5, 5.41) is 8.84. The highest BCUT2D eigenvalue weighted by Crippen LogP contribution is 2.23. The summed E-state index contributed by atoms with van der Waals surface area (Å²) in [7, 11) is 0. The van der Waals surface area contributed by atoms with Gasteiger partial charge < -0.3 is 10.0 Å². The summed E-state index contributed by atoms with van der Waals surface area (Å²) in [4.78, 5) is 23.6. The first-order chi connectivity index (χ1) is 6.66. The van der Waals surface area contributed by atoms with Crippen molar-refractivity contribution >= 4 is 24.5 Å². The molecule has 0 aromatic carbocycles. The summed E-state index contributed by atoms with van der Waals surface area (Å²) < 4.78 is 0. The quantitative estimate of drug-likeness (QED) is 0.683. The number of carbonyl (C=O) groups is 2. The Bertz CT molecular complexity index is 232. The van der Waals surface area contributed by atoms with Crippen LogP contribution in [0.3, 0.4) is 0 Å². The van der Waals surface area contributed by atoms with E-state index in [-0.39, 0.29) is 18.4 Å². The SMILES string of the molecule is O=C(O)[C]1[CH]CCCN1C(=O)CCS. The number of carboxylic acid groups (broad SMARTS) is 1. The number of thiol groups is 1. The van der Waals surface area contributed by atoms with E-state index < -0.39 is 5.97 Å². The van der Waals surface area contributed by atoms with Crippen molar-refractivity contribution in [1.82, 2.24) is 4.90 Å². The normalized spacial score (nSPS) is 18.2. The van der Waals surface area contributed by atoms with Gasteiger partial charge in [0.25, 0.3) is 0 Å². The lowest BCUT2D eigenvalue weighted by Gasteiger charge is -2.31. The number of amides is 1. The molecule has 4 nitrogen and oxygen atoms in total. The van der Waals surface area contributed by atoms with Gasteiger partial charge in [-0.2, -0.15) is 12.6 Å². The molecule has 0 aliphatic carbocycles. The van der Waals surface area contributed by atoms with Gasteiger partial charge in [0.1, 0.15) is 0 Å². The number of hydrogen-bond donors (Lipinski definition) is 2. The molecule has 0 aromatic rings. The van der Waals surface area contributed by atoms with Crippen LogP contribution in [0.4, 0.5) is 0 Å². The van der Waals surface area contributed by atoms with Crippen LogP contribution in [-0.4, -0.2) is 34.2 Å². The van der Waals surface area contributed by atoms with Crippen molar-refractivity contribution in [3.8, 4) is 0 Å². The van der Waals surface area contributed by atoms with Gasteiger partial charge in [-0.1, -0.05) is 0 Å². The molecule has 1 amide bonds. The number of hydrogen-bond acceptors (Lipinski definition) is 3. The molecule has 0 saturated carbocycles. The van der Waals surface area contributed by atoms with E-state index in [1.165, 1.54) is 4.90 Å². The Morgan fingerprint density at radius 1 is 1.57 bits per heavy atom. The minimum absolute atomic E-state index is 0.114. The fourth-order valence-corrected chi connectivity index (χ4v) is 1.60. The third kappa shape index (κ3) is 2.64. The summed E-state index contributed by atoms with van der Waals surface area (Å²) in [6.45, 7) is 0.505. The third-order valence-electron chi connectivity index (χ3n) is 2.06. The van der Waals surface area contributed by atoms with E-state index in [9.17, 15) is 9.59 Å². The lowest BCUT2D eigenvalue weighted by Crippen LogP contribution is -2.42. The summed E-state index contributed by atoms with van der Waals surface area (Å²) in [5.41, 5.74) is 0. The van der Waals surface area contributed by atoms with E-state index in [1.54, 1.807) is 6.42 Å². The average molecular weight is 215 g/mol. The molecular formula is C9H13NO3S. The summed E-state index contributed by atoms with van der Waals surface area (Å²) in [6, 6.07) is 0.114. The van der Waals surface area contributed by atoms with Crippen molar-refractivity contribution < 1.29 is 14.7 Å². The van der Waals surface area contributed by atoms with E-state index in [0.29, 0.717) is 12.3 Å². The van der Waals surface area contributed by atoms with Crippen LogP contribution in [-0.2, 0) is 9.59 Å². The lowest BCUT2D eigenvalue weighted by molar-refractivity contribution is -0.143. The standard InChI is InChI=1S/C9H13NO3S/c11-8(4-6-14)10-5-2-1-3-7(10)9(12)13/h3,14H,1-2,4-6H2,(H,12,13). The van der Waals surface area contributed by atoms with Crippen molar-refractivity contribution in [2.75, 3.05) is 12.3 Å². The van der Waals surface area contributed by atoms with Crippen LogP contribution in [0.5, 0.6) is 0 Å². The molecule has 1 rings (SSSR count). The molecule has 1 N–H and O–H groups in total. The van der Waals surface area contributed by atoms with E-state index in [1.807, 2.05) is 0 Å². The zero-order chi connectivity index (χ0) is 10.6. The molecular weight excluding hydrogens is 202 g/mol. The number of aliphatic carboxylic acids is 1. The Morgan fingerprint density at radius 3 is 2.86 bits per heavy atom. The van der Waals surface area contributed by atoms with Gasteiger partial charge in [-0.05, 0) is 18.6 Å². The third-order valence-corrected chi connectivity index (χ3v) is 2.28. The van der Waals surface area contributed by atoms with Gasteiger partial charge >= 0.3 is 5.97 Å². The average Bonchev–Trinajstić information content (AvgIpc) is 2.18. The zero-order valence-corrected chi connectivity index (χ0v) is 8.67. The molecule has 0 unspecified atom stereocenters. The first-order valence-corrected chi connectivity index (χ1v) is 5.14. The van der Waals surface area contributed by atoms with Gasteiger partial charge in [0.15, 0.2) is 6.04 Å². The van der Waals surface area contributed by atoms with E-state index in [0.717, 1.165) is 12.8 Å². The maximum absolute atomic E-state index is 11.5. The van der Waals surface area contributed by atoms with E-state index >= 15 is 0 Å². The molecule has 0 aromatic heterocycles. The Hall–Kier alpha value is -0.710. The van der Waals surface area contributed by atoms with Gasteiger partial charge in [-0.3, -0.25) is 4.79 Å². The molecule has 0 atom stereocenters. The lowest BCUT2D eigenvalue weighted by atomic mass is 10.0. The van der Waals surface area contributed by atoms with Crippen molar-refractivity contribution in [3.05, 3.63) is 12.5 Å². The molecule has 1 saturated heterocycles. The van der Waals surface area contributed by atoms with Gasteiger partial charge in [-0.15, -0.1) is 0 Å². The molecule has 2 radical (unpaired) electrons. The molecule has 14 heavy (non-hydrogen) atoms. The van der Waals surface area contributed by atoms with Gasteiger partial charge in [0.05, 0.1) is 0 Å². The second-order valence-electron chi connectivity index (χ2n) is 3.06. The molecule has 1 fully saturated rings. The summed E-state index contributed by atoms with van der Waals surface area (Å²) in [6.07, 6.45) is 3.44. The van der Waals surface area contributed by atoms with Crippen LogP contribution in [0.2, 0.25) is 0 Å². The number of piperidine rings is 1. The second kappa shape index (κ2) is 5.24. The van der Waals surface area contributed by atoms with Crippen LogP contribution >= 0.6 is 12.6 Å². The van der Waals surface area contributed by atoms with Gasteiger partial charge in [-0.25, -0.2) is 4.79 Å². The summed E-state index contributed by atoms with van der Waals surface area (Å²) in [5.74, 6) is -0.743. The summed E-state index contributed by atoms with van der Waals surface area (Å²) >= 11 is 3.95. The minimum atomic E-state index is -1.03. The van der Waals surface area contributed by atoms with E-state index in [2.05, 4.69) is 12.6 Å². The molecule has 0 spiro atoms. The number of nitrogens with zero attached hydrogens (tertiary/aromatic N) is 1. The monoisotopic (exact) mass is 215 g/mol. The predicted octanol–water partition coefficient (Wildman–Crippen LogP) is 0.750. The fraction of sp³-hybridized carbons (Fsp3) is 0.556. The largest absolute Gasteiger partial charge is 0.479 e. The second-order valence-corrected chi connectivity index (χ2v) is 3.50. The maximum atomic E-state index is 11.5. The smallest absolute Gasteiger partial charge is 0.333 e. The van der Waals surface area contributed by atoms with Gasteiger partial charge in [0.2, 0.25) is 5.91 Å². The molecule has 1 aliphatic rings. The van der Waals surface area contributed by atoms with Crippen LogP contribution in [0, 0.1) is 12.5 Å². The molecule has 5 heteroatoms. The van der Waals surface area contributed by atoms with Crippen molar-refractivity contribution in [1.29, 1.82) is 0 Å². The molecule has 78 valence electrons. The maximum Gasteiger partial charge on any atom is 0.333 e. The molecule has 1 heterocycles. The topological polar surface area (TPSA) is 57.6 Å². The Morgan fingerprint density at radius 2 is 2.29 bits per heavy atom. The van der Waals surface area contributed by atoms with Crippen molar-refractivity contribution in [2.45, 2.75) is 19.3 Å². The van der Waals surface area contributed by atoms with Crippen LogP contribution in [0.25, 0.3) is 0 Å². The predicted molar refractivity (Wildman–Crippen MR) is 54.6 cm³/mol. The highest BCUT2D eigenvalue weighted by Gasteiger charge is 2.32. The van der Waals surface area contributed by atoms with Crippen LogP contribution in [0.1, 0.15) is 19.3 Å². The number of carboxylic acids is 1. The van der Waals surface area contributed by atoms with Crippen LogP contribution < -0.4 is 0 Å². The van der Waals surface area contributed by atoms with Crippen molar-refractivity contribution in [2.24, 2.45) is 0 Å². The van der Waals surface area contributed by atoms with Crippen molar-refractivity contribution in [3.63, 3.8) is 0 Å². The Kier molecular flexibility index (Phi) is 4.25. The highest BCUT2D eigenvalue weighted by molar-refractivity contribution is 7.80. The highest BCUT2D eigenvalue weighted by atomic mass is 32.1. The number of rotatable bonds is 3. The first-order valence-electron chi connectivity index (χ1n) is 4.51.